The summed E-state index contributed by atoms with van der Waals surface area (Å²) in [4.78, 5) is 0. The minimum atomic E-state index is -3.35. The van der Waals surface area contributed by atoms with Crippen molar-refractivity contribution in [3.63, 3.8) is 0 Å². The predicted octanol–water partition coefficient (Wildman–Crippen LogP) is 4.26. The largest absolute Gasteiger partial charge is 0.216 e. The van der Waals surface area contributed by atoms with Crippen molar-refractivity contribution < 1.29 is 8.42 Å². The molecule has 3 nitrogen and oxygen atoms in total. The Kier molecular flexibility index (Phi) is 5.04. The molecule has 3 rings (SSSR count). The zero-order chi connectivity index (χ0) is 17.2. The number of thiophene rings is 1. The second-order valence-corrected chi connectivity index (χ2v) is 8.89. The third kappa shape index (κ3) is 4.23. The second kappa shape index (κ2) is 7.05. The van der Waals surface area contributed by atoms with Crippen molar-refractivity contribution in [2.24, 2.45) is 0 Å². The van der Waals surface area contributed by atoms with E-state index in [-0.39, 0.29) is 11.8 Å². The van der Waals surface area contributed by atoms with Crippen molar-refractivity contribution in [2.45, 2.75) is 32.1 Å². The summed E-state index contributed by atoms with van der Waals surface area (Å²) in [6.07, 6.45) is 0.692. The Morgan fingerprint density at radius 1 is 1.12 bits per heavy atom. The number of sulfonamides is 1. The summed E-state index contributed by atoms with van der Waals surface area (Å²) in [5.74, 6) is 0.0173. The van der Waals surface area contributed by atoms with E-state index >= 15 is 0 Å². The average Bonchev–Trinajstić information content (AvgIpc) is 2.89. The van der Waals surface area contributed by atoms with Gasteiger partial charge in [-0.15, -0.1) is 11.3 Å². The quantitative estimate of drug-likeness (QED) is 0.715. The van der Waals surface area contributed by atoms with E-state index in [1.54, 1.807) is 11.3 Å². The Balaban J connectivity index is 1.68. The van der Waals surface area contributed by atoms with Gasteiger partial charge in [0.1, 0.15) is 0 Å². The molecule has 0 bridgehead atoms. The topological polar surface area (TPSA) is 46.2 Å². The number of nitrogens with one attached hydrogen (secondary N) is 1. The van der Waals surface area contributed by atoms with Gasteiger partial charge in [-0.25, -0.2) is 13.1 Å². The number of hydrogen-bond acceptors (Lipinski definition) is 3. The summed E-state index contributed by atoms with van der Waals surface area (Å²) in [6.45, 7) is 3.88. The molecule has 0 amide bonds. The molecule has 1 aromatic heterocycles. The van der Waals surface area contributed by atoms with E-state index in [0.717, 1.165) is 11.1 Å². The zero-order valence-corrected chi connectivity index (χ0v) is 15.5. The summed E-state index contributed by atoms with van der Waals surface area (Å²) < 4.78 is 28.9. The van der Waals surface area contributed by atoms with Gasteiger partial charge in [-0.05, 0) is 48.2 Å². The molecule has 0 saturated heterocycles. The van der Waals surface area contributed by atoms with Crippen LogP contribution in [0.15, 0.2) is 53.9 Å². The lowest BCUT2D eigenvalue weighted by Gasteiger charge is -2.14. The molecule has 1 heterocycles. The molecule has 0 aliphatic carbocycles. The van der Waals surface area contributed by atoms with Gasteiger partial charge >= 0.3 is 0 Å². The molecule has 0 unspecified atom stereocenters. The van der Waals surface area contributed by atoms with Crippen molar-refractivity contribution in [2.75, 3.05) is 0 Å². The normalized spacial score (nSPS) is 13.2. The molecule has 1 atom stereocenters. The van der Waals surface area contributed by atoms with Gasteiger partial charge in [0.15, 0.2) is 0 Å². The second-order valence-electron chi connectivity index (χ2n) is 6.23. The Morgan fingerprint density at radius 3 is 2.71 bits per heavy atom. The summed E-state index contributed by atoms with van der Waals surface area (Å²) in [5.41, 5.74) is 3.08. The SMILES string of the molecule is Cc1cccc(CS(=O)(=O)N[C@@H](C)Cc2csc3ccccc23)c1. The Labute approximate surface area is 147 Å². The first-order valence-electron chi connectivity index (χ1n) is 7.93. The van der Waals surface area contributed by atoms with Crippen molar-refractivity contribution in [1.82, 2.24) is 4.72 Å². The first-order chi connectivity index (χ1) is 11.4. The highest BCUT2D eigenvalue weighted by molar-refractivity contribution is 7.88. The average molecular weight is 360 g/mol. The molecule has 0 aliphatic heterocycles. The molecule has 2 aromatic carbocycles. The van der Waals surface area contributed by atoms with Crippen LogP contribution in [0, 0.1) is 6.92 Å². The standard InChI is InChI=1S/C19H21NO2S2/c1-14-6-5-7-16(10-14)13-24(21,22)20-15(2)11-17-12-23-19-9-4-3-8-18(17)19/h3-10,12,15,20H,11,13H2,1-2H3/t15-/m0/s1. The zero-order valence-electron chi connectivity index (χ0n) is 13.8. The molecule has 0 radical (unpaired) electrons. The first kappa shape index (κ1) is 17.1. The molecule has 3 aromatic rings. The van der Waals surface area contributed by atoms with Crippen LogP contribution < -0.4 is 4.72 Å². The maximum atomic E-state index is 12.4. The number of rotatable bonds is 6. The molecule has 24 heavy (non-hydrogen) atoms. The van der Waals surface area contributed by atoms with Crippen LogP contribution in [0.5, 0.6) is 0 Å². The Morgan fingerprint density at radius 2 is 1.92 bits per heavy atom. The molecule has 1 N–H and O–H groups in total. The van der Waals surface area contributed by atoms with Crippen LogP contribution in [0.1, 0.15) is 23.6 Å². The Bertz CT molecular complexity index is 945. The third-order valence-electron chi connectivity index (χ3n) is 3.91. The molecule has 0 fully saturated rings. The fraction of sp³-hybridized carbons (Fsp3) is 0.263. The molecular formula is C19H21NO2S2. The highest BCUT2D eigenvalue weighted by Crippen LogP contribution is 2.26. The fourth-order valence-electron chi connectivity index (χ4n) is 2.93. The van der Waals surface area contributed by atoms with E-state index in [9.17, 15) is 8.42 Å². The lowest BCUT2D eigenvalue weighted by atomic mass is 10.1. The number of fused-ring (bicyclic) bond motifs is 1. The number of aryl methyl sites for hydroxylation is 1. The predicted molar refractivity (Wildman–Crippen MR) is 102 cm³/mol. The van der Waals surface area contributed by atoms with Crippen molar-refractivity contribution in [1.29, 1.82) is 0 Å². The van der Waals surface area contributed by atoms with E-state index < -0.39 is 10.0 Å². The monoisotopic (exact) mass is 359 g/mol. The van der Waals surface area contributed by atoms with Gasteiger partial charge in [-0.1, -0.05) is 48.0 Å². The van der Waals surface area contributed by atoms with E-state index in [0.29, 0.717) is 6.42 Å². The van der Waals surface area contributed by atoms with Crippen LogP contribution in [0.2, 0.25) is 0 Å². The lowest BCUT2D eigenvalue weighted by molar-refractivity contribution is 0.559. The Hall–Kier alpha value is -1.69. The fourth-order valence-corrected chi connectivity index (χ4v) is 5.31. The summed E-state index contributed by atoms with van der Waals surface area (Å²) >= 11 is 1.70. The van der Waals surface area contributed by atoms with E-state index in [1.807, 2.05) is 50.2 Å². The molecule has 5 heteroatoms. The summed E-state index contributed by atoms with van der Waals surface area (Å²) in [7, 11) is -3.35. The van der Waals surface area contributed by atoms with Crippen LogP contribution >= 0.6 is 11.3 Å². The molecular weight excluding hydrogens is 338 g/mol. The summed E-state index contributed by atoms with van der Waals surface area (Å²) in [5, 5.41) is 3.34. The number of benzene rings is 2. The minimum Gasteiger partial charge on any atom is -0.212 e. The van der Waals surface area contributed by atoms with Gasteiger partial charge in [0.05, 0.1) is 5.75 Å². The van der Waals surface area contributed by atoms with Gasteiger partial charge in [0.25, 0.3) is 0 Å². The van der Waals surface area contributed by atoms with Crippen LogP contribution in [-0.2, 0) is 22.2 Å². The van der Waals surface area contributed by atoms with Crippen molar-refractivity contribution >= 4 is 31.4 Å². The van der Waals surface area contributed by atoms with Crippen molar-refractivity contribution in [3.05, 3.63) is 70.6 Å². The molecule has 0 aliphatic rings. The summed E-state index contributed by atoms with van der Waals surface area (Å²) in [6, 6.07) is 15.7. The van der Waals surface area contributed by atoms with Crippen LogP contribution in [0.4, 0.5) is 0 Å². The minimum absolute atomic E-state index is 0.0173. The van der Waals surface area contributed by atoms with Gasteiger partial charge in [-0.2, -0.15) is 0 Å². The first-order valence-corrected chi connectivity index (χ1v) is 10.5. The van der Waals surface area contributed by atoms with Gasteiger partial charge in [0.2, 0.25) is 10.0 Å². The molecule has 126 valence electrons. The van der Waals surface area contributed by atoms with E-state index in [1.165, 1.54) is 15.6 Å². The van der Waals surface area contributed by atoms with Gasteiger partial charge in [0, 0.05) is 10.7 Å². The highest BCUT2D eigenvalue weighted by Gasteiger charge is 2.17. The maximum Gasteiger partial charge on any atom is 0.216 e. The van der Waals surface area contributed by atoms with Crippen LogP contribution in [0.3, 0.4) is 0 Å². The van der Waals surface area contributed by atoms with E-state index in [2.05, 4.69) is 22.2 Å². The highest BCUT2D eigenvalue weighted by atomic mass is 32.2. The lowest BCUT2D eigenvalue weighted by Crippen LogP contribution is -2.34. The molecule has 0 spiro atoms. The van der Waals surface area contributed by atoms with Crippen LogP contribution in [0.25, 0.3) is 10.1 Å². The maximum absolute atomic E-state index is 12.4. The third-order valence-corrected chi connectivity index (χ3v) is 6.39. The van der Waals surface area contributed by atoms with Crippen LogP contribution in [-0.4, -0.2) is 14.5 Å². The number of hydrogen-bond donors (Lipinski definition) is 1. The van der Waals surface area contributed by atoms with Gasteiger partial charge in [-0.3, -0.25) is 0 Å². The smallest absolute Gasteiger partial charge is 0.212 e. The van der Waals surface area contributed by atoms with Gasteiger partial charge < -0.3 is 0 Å². The van der Waals surface area contributed by atoms with Crippen molar-refractivity contribution in [3.8, 4) is 0 Å². The van der Waals surface area contributed by atoms with E-state index in [4.69, 9.17) is 0 Å². The molecule has 0 saturated carbocycles.